The molecule has 70 heavy (non-hydrogen) atoms. The van der Waals surface area contributed by atoms with Gasteiger partial charge >= 0.3 is 17.9 Å². The molecule has 0 saturated carbocycles. The van der Waals surface area contributed by atoms with Gasteiger partial charge in [0.25, 0.3) is 0 Å². The van der Waals surface area contributed by atoms with Crippen LogP contribution in [0.3, 0.4) is 0 Å². The molecule has 0 aromatic rings. The molecule has 0 fully saturated rings. The molecular formula is C64H108O6. The number of allylic oxidation sites excluding steroid dienone is 16. The molecule has 0 aliphatic rings. The third-order valence-corrected chi connectivity index (χ3v) is 12.4. The van der Waals surface area contributed by atoms with Crippen LogP contribution in [0, 0.1) is 0 Å². The fourth-order valence-corrected chi connectivity index (χ4v) is 7.99. The van der Waals surface area contributed by atoms with E-state index < -0.39 is 6.10 Å². The Bertz CT molecular complexity index is 1400. The molecule has 0 aromatic carbocycles. The molecule has 6 nitrogen and oxygen atoms in total. The lowest BCUT2D eigenvalue weighted by molar-refractivity contribution is -0.167. The van der Waals surface area contributed by atoms with Crippen LogP contribution in [-0.4, -0.2) is 37.2 Å². The van der Waals surface area contributed by atoms with E-state index >= 15 is 0 Å². The van der Waals surface area contributed by atoms with E-state index in [4.69, 9.17) is 14.2 Å². The van der Waals surface area contributed by atoms with E-state index in [-0.39, 0.29) is 31.1 Å². The smallest absolute Gasteiger partial charge is 0.306 e. The number of hydrogen-bond acceptors (Lipinski definition) is 6. The molecule has 0 aromatic heterocycles. The van der Waals surface area contributed by atoms with E-state index in [9.17, 15) is 14.4 Å². The van der Waals surface area contributed by atoms with Crippen LogP contribution < -0.4 is 0 Å². The highest BCUT2D eigenvalue weighted by Crippen LogP contribution is 2.15. The molecule has 0 N–H and O–H groups in total. The fraction of sp³-hybridized carbons (Fsp3) is 0.703. The molecule has 6 heteroatoms. The minimum Gasteiger partial charge on any atom is -0.462 e. The van der Waals surface area contributed by atoms with Gasteiger partial charge in [-0.15, -0.1) is 0 Å². The zero-order valence-corrected chi connectivity index (χ0v) is 45.8. The maximum atomic E-state index is 12.8. The Balaban J connectivity index is 4.27. The fourth-order valence-electron chi connectivity index (χ4n) is 7.99. The van der Waals surface area contributed by atoms with Crippen LogP contribution in [0.5, 0.6) is 0 Å². The standard InChI is InChI=1S/C64H108O6/c1-4-7-10-13-16-19-21-23-25-26-27-28-29-30-31-32-33-34-35-36-37-38-39-41-42-45-48-51-54-57-63(66)69-60-61(59-68-62(65)56-53-50-47-44-18-15-12-9-6-3)70-64(67)58-55-52-49-46-43-40-24-22-20-17-14-11-8-5-2/h7,10,16,19,23,25,27-28,30-31,33-34,36-37,39,41,61H,4-6,8-9,11-15,17-18,20-22,24,26,29,32,35,38,40,42-60H2,1-3H3/b10-7-,19-16-,25-23-,28-27-,31-30-,34-33-,37-36-,41-39-. The Labute approximate surface area is 432 Å². The van der Waals surface area contributed by atoms with E-state index in [1.165, 1.54) is 109 Å². The maximum Gasteiger partial charge on any atom is 0.306 e. The second-order valence-corrected chi connectivity index (χ2v) is 19.2. The Hall–Kier alpha value is -3.67. The highest BCUT2D eigenvalue weighted by molar-refractivity contribution is 5.71. The number of unbranched alkanes of at least 4 members (excludes halogenated alkanes) is 25. The minimum absolute atomic E-state index is 0.0825. The van der Waals surface area contributed by atoms with Crippen molar-refractivity contribution in [3.63, 3.8) is 0 Å². The molecule has 0 amide bonds. The molecule has 0 rings (SSSR count). The van der Waals surface area contributed by atoms with E-state index in [0.29, 0.717) is 19.3 Å². The first-order valence-electron chi connectivity index (χ1n) is 29.2. The number of esters is 3. The van der Waals surface area contributed by atoms with Crippen LogP contribution in [0.15, 0.2) is 97.2 Å². The third kappa shape index (κ3) is 55.3. The quantitative estimate of drug-likeness (QED) is 0.0262. The van der Waals surface area contributed by atoms with Crippen molar-refractivity contribution >= 4 is 17.9 Å². The first-order chi connectivity index (χ1) is 34.5. The number of rotatable bonds is 52. The highest BCUT2D eigenvalue weighted by atomic mass is 16.6. The highest BCUT2D eigenvalue weighted by Gasteiger charge is 2.19. The Morgan fingerprint density at radius 3 is 0.871 bits per heavy atom. The summed E-state index contributed by atoms with van der Waals surface area (Å²) in [7, 11) is 0. The molecule has 0 spiro atoms. The summed E-state index contributed by atoms with van der Waals surface area (Å²) in [4.78, 5) is 38.0. The summed E-state index contributed by atoms with van der Waals surface area (Å²) in [5.74, 6) is -0.906. The van der Waals surface area contributed by atoms with Crippen LogP contribution >= 0.6 is 0 Å². The topological polar surface area (TPSA) is 78.9 Å². The molecule has 1 atom stereocenters. The first-order valence-corrected chi connectivity index (χ1v) is 29.2. The second kappa shape index (κ2) is 57.9. The normalized spacial score (nSPS) is 12.8. The van der Waals surface area contributed by atoms with Crippen LogP contribution in [0.2, 0.25) is 0 Å². The summed E-state index contributed by atoms with van der Waals surface area (Å²) in [6.07, 6.45) is 76.9. The molecule has 0 heterocycles. The van der Waals surface area contributed by atoms with E-state index in [2.05, 4.69) is 118 Å². The predicted octanol–water partition coefficient (Wildman–Crippen LogP) is 19.7. The van der Waals surface area contributed by atoms with Gasteiger partial charge < -0.3 is 14.2 Å². The monoisotopic (exact) mass is 973 g/mol. The van der Waals surface area contributed by atoms with Gasteiger partial charge in [0.1, 0.15) is 13.2 Å². The van der Waals surface area contributed by atoms with Gasteiger partial charge in [0.15, 0.2) is 6.10 Å². The largest absolute Gasteiger partial charge is 0.462 e. The zero-order chi connectivity index (χ0) is 50.7. The SMILES string of the molecule is CC/C=C\C/C=C\C/C=C\C/C=C\C/C=C\C/C=C\C/C=C\C/C=C\CCCCCCC(=O)OCC(COC(=O)CCCCCCCCCCC)OC(=O)CCCCCCCCCCCCCCCC. The van der Waals surface area contributed by atoms with Gasteiger partial charge in [-0.1, -0.05) is 266 Å². The van der Waals surface area contributed by atoms with Crippen molar-refractivity contribution in [3.8, 4) is 0 Å². The predicted molar refractivity (Wildman–Crippen MR) is 302 cm³/mol. The number of hydrogen-bond donors (Lipinski definition) is 0. The van der Waals surface area contributed by atoms with Crippen LogP contribution in [0.1, 0.15) is 271 Å². The third-order valence-electron chi connectivity index (χ3n) is 12.4. The van der Waals surface area contributed by atoms with Gasteiger partial charge in [-0.25, -0.2) is 0 Å². The molecule has 0 radical (unpaired) electrons. The molecule has 0 aliphatic heterocycles. The van der Waals surface area contributed by atoms with Crippen molar-refractivity contribution in [2.75, 3.05) is 13.2 Å². The van der Waals surface area contributed by atoms with E-state index in [1.54, 1.807) is 0 Å². The second-order valence-electron chi connectivity index (χ2n) is 19.2. The van der Waals surface area contributed by atoms with Gasteiger partial charge in [-0.3, -0.25) is 14.4 Å². The lowest BCUT2D eigenvalue weighted by Crippen LogP contribution is -2.30. The summed E-state index contributed by atoms with van der Waals surface area (Å²) in [6, 6.07) is 0. The molecule has 1 unspecified atom stereocenters. The summed E-state index contributed by atoms with van der Waals surface area (Å²) in [5, 5.41) is 0. The maximum absolute atomic E-state index is 12.8. The van der Waals surface area contributed by atoms with Crippen LogP contribution in [0.4, 0.5) is 0 Å². The van der Waals surface area contributed by atoms with Gasteiger partial charge in [-0.2, -0.15) is 0 Å². The molecule has 400 valence electrons. The molecule has 0 saturated heterocycles. The summed E-state index contributed by atoms with van der Waals surface area (Å²) in [5.41, 5.74) is 0. The lowest BCUT2D eigenvalue weighted by atomic mass is 10.0. The molecular weight excluding hydrogens is 865 g/mol. The van der Waals surface area contributed by atoms with Crippen molar-refractivity contribution in [1.29, 1.82) is 0 Å². The van der Waals surface area contributed by atoms with Crippen molar-refractivity contribution in [2.45, 2.75) is 277 Å². The van der Waals surface area contributed by atoms with Crippen LogP contribution in [0.25, 0.3) is 0 Å². The molecule has 0 aliphatic carbocycles. The summed E-state index contributed by atoms with van der Waals surface area (Å²) < 4.78 is 16.8. The van der Waals surface area contributed by atoms with Crippen molar-refractivity contribution in [2.24, 2.45) is 0 Å². The number of carbonyl (C=O) groups excluding carboxylic acids is 3. The average molecular weight is 974 g/mol. The van der Waals surface area contributed by atoms with E-state index in [0.717, 1.165) is 122 Å². The van der Waals surface area contributed by atoms with Gasteiger partial charge in [0.2, 0.25) is 0 Å². The Kier molecular flexibility index (Phi) is 54.9. The Morgan fingerprint density at radius 1 is 0.300 bits per heavy atom. The number of ether oxygens (including phenoxy) is 3. The lowest BCUT2D eigenvalue weighted by Gasteiger charge is -2.18. The van der Waals surface area contributed by atoms with Crippen LogP contribution in [-0.2, 0) is 28.6 Å². The summed E-state index contributed by atoms with van der Waals surface area (Å²) >= 11 is 0. The van der Waals surface area contributed by atoms with Crippen molar-refractivity contribution in [3.05, 3.63) is 97.2 Å². The van der Waals surface area contributed by atoms with E-state index in [1.807, 2.05) is 0 Å². The first kappa shape index (κ1) is 66.3. The van der Waals surface area contributed by atoms with Gasteiger partial charge in [0, 0.05) is 19.3 Å². The minimum atomic E-state index is -0.784. The van der Waals surface area contributed by atoms with Crippen molar-refractivity contribution in [1.82, 2.24) is 0 Å². The van der Waals surface area contributed by atoms with Crippen molar-refractivity contribution < 1.29 is 28.6 Å². The number of carbonyl (C=O) groups is 3. The van der Waals surface area contributed by atoms with Gasteiger partial charge in [-0.05, 0) is 83.5 Å². The Morgan fingerprint density at radius 2 is 0.557 bits per heavy atom. The summed E-state index contributed by atoms with van der Waals surface area (Å²) in [6.45, 7) is 6.49. The average Bonchev–Trinajstić information content (AvgIpc) is 3.36. The zero-order valence-electron chi connectivity index (χ0n) is 45.8. The van der Waals surface area contributed by atoms with Gasteiger partial charge in [0.05, 0.1) is 0 Å². The molecule has 0 bridgehead atoms.